The molecule has 1 amide bonds. The summed E-state index contributed by atoms with van der Waals surface area (Å²) in [4.78, 5) is 23.3. The van der Waals surface area contributed by atoms with Crippen molar-refractivity contribution in [2.45, 2.75) is 44.9 Å². The average molecular weight is 384 g/mol. The van der Waals surface area contributed by atoms with Crippen LogP contribution in [0.2, 0.25) is 0 Å². The van der Waals surface area contributed by atoms with Crippen LogP contribution in [0.1, 0.15) is 36.1 Å². The Hall–Kier alpha value is -2.54. The number of hydrogen-bond donors (Lipinski definition) is 2. The SMILES string of the molecule is O=C(Nc1cccc2c1C[C@H](O)CC2)C1CCN(c2nccc(CF)n2)CC1. The molecule has 2 aliphatic rings. The highest BCUT2D eigenvalue weighted by atomic mass is 19.1. The number of aliphatic hydroxyl groups is 1. The predicted octanol–water partition coefficient (Wildman–Crippen LogP) is 2.65. The number of aromatic nitrogens is 2. The molecule has 2 heterocycles. The van der Waals surface area contributed by atoms with Gasteiger partial charge in [-0.3, -0.25) is 4.79 Å². The second-order valence-electron chi connectivity index (χ2n) is 7.57. The van der Waals surface area contributed by atoms with Gasteiger partial charge in [0.05, 0.1) is 11.8 Å². The summed E-state index contributed by atoms with van der Waals surface area (Å²) >= 11 is 0. The summed E-state index contributed by atoms with van der Waals surface area (Å²) < 4.78 is 12.8. The molecule has 1 atom stereocenters. The third-order valence-electron chi connectivity index (χ3n) is 5.70. The maximum Gasteiger partial charge on any atom is 0.227 e. The average Bonchev–Trinajstić information content (AvgIpc) is 2.74. The third-order valence-corrected chi connectivity index (χ3v) is 5.70. The van der Waals surface area contributed by atoms with Crippen LogP contribution in [0, 0.1) is 5.92 Å². The van der Waals surface area contributed by atoms with Gasteiger partial charge in [0.25, 0.3) is 0 Å². The smallest absolute Gasteiger partial charge is 0.227 e. The van der Waals surface area contributed by atoms with E-state index in [4.69, 9.17) is 0 Å². The predicted molar refractivity (Wildman–Crippen MR) is 105 cm³/mol. The number of rotatable bonds is 4. The number of nitrogens with zero attached hydrogens (tertiary/aromatic N) is 3. The molecular formula is C21H25FN4O2. The van der Waals surface area contributed by atoms with E-state index in [1.54, 1.807) is 12.3 Å². The molecule has 0 radical (unpaired) electrons. The molecule has 1 saturated heterocycles. The molecule has 7 heteroatoms. The Labute approximate surface area is 163 Å². The van der Waals surface area contributed by atoms with E-state index in [0.29, 0.717) is 44.0 Å². The monoisotopic (exact) mass is 384 g/mol. The number of nitrogens with one attached hydrogen (secondary N) is 1. The second kappa shape index (κ2) is 8.22. The van der Waals surface area contributed by atoms with Crippen LogP contribution in [0.25, 0.3) is 0 Å². The van der Waals surface area contributed by atoms with Gasteiger partial charge in [-0.1, -0.05) is 12.1 Å². The number of amides is 1. The van der Waals surface area contributed by atoms with Gasteiger partial charge in [0.2, 0.25) is 11.9 Å². The van der Waals surface area contributed by atoms with Crippen LogP contribution >= 0.6 is 0 Å². The van der Waals surface area contributed by atoms with Gasteiger partial charge in [0.15, 0.2) is 0 Å². The zero-order valence-corrected chi connectivity index (χ0v) is 15.8. The lowest BCUT2D eigenvalue weighted by Gasteiger charge is -2.31. The van der Waals surface area contributed by atoms with Gasteiger partial charge >= 0.3 is 0 Å². The molecule has 2 aromatic rings. The molecule has 1 aromatic heterocycles. The first-order valence-corrected chi connectivity index (χ1v) is 9.86. The number of piperidine rings is 1. The largest absolute Gasteiger partial charge is 0.393 e. The van der Waals surface area contributed by atoms with Gasteiger partial charge in [0, 0.05) is 37.3 Å². The molecule has 148 valence electrons. The first-order valence-electron chi connectivity index (χ1n) is 9.86. The van der Waals surface area contributed by atoms with E-state index in [2.05, 4.69) is 21.4 Å². The van der Waals surface area contributed by atoms with Crippen LogP contribution < -0.4 is 10.2 Å². The van der Waals surface area contributed by atoms with Crippen LogP contribution in [0.4, 0.5) is 16.0 Å². The van der Waals surface area contributed by atoms with Crippen molar-refractivity contribution in [2.24, 2.45) is 5.92 Å². The van der Waals surface area contributed by atoms with E-state index >= 15 is 0 Å². The number of anilines is 2. The number of hydrogen-bond acceptors (Lipinski definition) is 5. The minimum Gasteiger partial charge on any atom is -0.393 e. The van der Waals surface area contributed by atoms with Crippen molar-refractivity contribution in [3.63, 3.8) is 0 Å². The molecule has 0 bridgehead atoms. The van der Waals surface area contributed by atoms with Crippen molar-refractivity contribution in [1.29, 1.82) is 0 Å². The van der Waals surface area contributed by atoms with Gasteiger partial charge in [-0.05, 0) is 48.9 Å². The van der Waals surface area contributed by atoms with Crippen molar-refractivity contribution in [3.8, 4) is 0 Å². The van der Waals surface area contributed by atoms with Gasteiger partial charge in [-0.15, -0.1) is 0 Å². The molecule has 0 spiro atoms. The topological polar surface area (TPSA) is 78.4 Å². The summed E-state index contributed by atoms with van der Waals surface area (Å²) in [5.41, 5.74) is 3.47. The molecule has 1 aliphatic heterocycles. The highest BCUT2D eigenvalue weighted by Gasteiger charge is 2.27. The van der Waals surface area contributed by atoms with Crippen molar-refractivity contribution < 1.29 is 14.3 Å². The summed E-state index contributed by atoms with van der Waals surface area (Å²) in [5, 5.41) is 13.1. The number of alkyl halides is 1. The molecule has 1 aliphatic carbocycles. The molecule has 4 rings (SSSR count). The van der Waals surface area contributed by atoms with Crippen LogP contribution in [0.15, 0.2) is 30.5 Å². The molecule has 6 nitrogen and oxygen atoms in total. The minimum absolute atomic E-state index is 0.0199. The Morgan fingerprint density at radius 1 is 1.25 bits per heavy atom. The van der Waals surface area contributed by atoms with Crippen LogP contribution in [0.5, 0.6) is 0 Å². The lowest BCUT2D eigenvalue weighted by atomic mass is 9.88. The number of aryl methyl sites for hydroxylation is 1. The fraction of sp³-hybridized carbons (Fsp3) is 0.476. The fourth-order valence-corrected chi connectivity index (χ4v) is 4.07. The molecule has 2 N–H and O–H groups in total. The van der Waals surface area contributed by atoms with Gasteiger partial charge in [-0.2, -0.15) is 0 Å². The number of carbonyl (C=O) groups is 1. The molecular weight excluding hydrogens is 359 g/mol. The van der Waals surface area contributed by atoms with Crippen molar-refractivity contribution in [2.75, 3.05) is 23.3 Å². The highest BCUT2D eigenvalue weighted by molar-refractivity contribution is 5.93. The van der Waals surface area contributed by atoms with E-state index < -0.39 is 6.67 Å². The fourth-order valence-electron chi connectivity index (χ4n) is 4.07. The molecule has 0 saturated carbocycles. The maximum atomic E-state index is 12.8. The zero-order chi connectivity index (χ0) is 19.5. The van der Waals surface area contributed by atoms with Crippen LogP contribution in [-0.4, -0.2) is 40.2 Å². The summed E-state index contributed by atoms with van der Waals surface area (Å²) in [7, 11) is 0. The Bertz CT molecular complexity index is 852. The summed E-state index contributed by atoms with van der Waals surface area (Å²) in [6.45, 7) is 0.726. The number of carbonyl (C=O) groups excluding carboxylic acids is 1. The highest BCUT2D eigenvalue weighted by Crippen LogP contribution is 2.29. The van der Waals surface area contributed by atoms with E-state index in [1.165, 1.54) is 5.56 Å². The molecule has 1 fully saturated rings. The Morgan fingerprint density at radius 2 is 2.07 bits per heavy atom. The third kappa shape index (κ3) is 3.99. The van der Waals surface area contributed by atoms with E-state index in [1.807, 2.05) is 17.0 Å². The Morgan fingerprint density at radius 3 is 2.86 bits per heavy atom. The molecule has 28 heavy (non-hydrogen) atoms. The summed E-state index contributed by atoms with van der Waals surface area (Å²) in [6.07, 6.45) is 4.84. The Balaban J connectivity index is 1.38. The lowest BCUT2D eigenvalue weighted by molar-refractivity contribution is -0.120. The van der Waals surface area contributed by atoms with Crippen LogP contribution in [-0.2, 0) is 24.3 Å². The number of halogens is 1. The van der Waals surface area contributed by atoms with Gasteiger partial charge < -0.3 is 15.3 Å². The second-order valence-corrected chi connectivity index (χ2v) is 7.57. The van der Waals surface area contributed by atoms with Gasteiger partial charge in [-0.25, -0.2) is 14.4 Å². The number of aliphatic hydroxyl groups excluding tert-OH is 1. The van der Waals surface area contributed by atoms with Gasteiger partial charge in [0.1, 0.15) is 6.67 Å². The quantitative estimate of drug-likeness (QED) is 0.847. The first-order chi connectivity index (χ1) is 13.6. The normalized spacial score (nSPS) is 19.9. The summed E-state index contributed by atoms with van der Waals surface area (Å²) in [6, 6.07) is 7.52. The van der Waals surface area contributed by atoms with E-state index in [-0.39, 0.29) is 17.9 Å². The maximum absolute atomic E-state index is 12.8. The minimum atomic E-state index is -0.607. The van der Waals surface area contributed by atoms with E-state index in [9.17, 15) is 14.3 Å². The summed E-state index contributed by atoms with van der Waals surface area (Å²) in [5.74, 6) is 0.469. The van der Waals surface area contributed by atoms with Crippen LogP contribution in [0.3, 0.4) is 0 Å². The van der Waals surface area contributed by atoms with Crippen molar-refractivity contribution in [1.82, 2.24) is 9.97 Å². The number of fused-ring (bicyclic) bond motifs is 1. The molecule has 0 unspecified atom stereocenters. The first kappa shape index (κ1) is 18.8. The lowest BCUT2D eigenvalue weighted by Crippen LogP contribution is -2.39. The molecule has 1 aromatic carbocycles. The van der Waals surface area contributed by atoms with Crippen molar-refractivity contribution in [3.05, 3.63) is 47.3 Å². The zero-order valence-electron chi connectivity index (χ0n) is 15.8. The standard InChI is InChI=1S/C21H25FN4O2/c22-13-16-6-9-23-21(24-16)26-10-7-15(8-11-26)20(28)25-19-3-1-2-14-4-5-17(27)12-18(14)19/h1-3,6,9,15,17,27H,4-5,7-8,10-13H2,(H,25,28)/t17-/m1/s1. The van der Waals surface area contributed by atoms with E-state index in [0.717, 1.165) is 24.1 Å². The number of benzene rings is 1. The Kier molecular flexibility index (Phi) is 5.52. The van der Waals surface area contributed by atoms with Crippen molar-refractivity contribution >= 4 is 17.5 Å².